The first kappa shape index (κ1) is 13.0. The maximum Gasteiger partial charge on any atom is -0.412 e. The van der Waals surface area contributed by atoms with Crippen LogP contribution in [0.25, 0.3) is 0 Å². The average Bonchev–Trinajstić information content (AvgIpc) is 1.95. The average molecular weight is 166 g/mol. The minimum atomic E-state index is -0.691. The maximum absolute atomic E-state index is 2.36. The summed E-state index contributed by atoms with van der Waals surface area (Å²) in [4.78, 5) is 0. The maximum atomic E-state index is 2.36. The van der Waals surface area contributed by atoms with Crippen LogP contribution in [-0.2, 0) is 0 Å². The van der Waals surface area contributed by atoms with E-state index in [1.165, 1.54) is 24.6 Å². The number of rotatable bonds is 4. The van der Waals surface area contributed by atoms with Gasteiger partial charge in [0.2, 0.25) is 0 Å². The molecule has 0 aliphatic heterocycles. The topological polar surface area (TPSA) is 31.5 Å². The number of hydrogen-bond donors (Lipinski definition) is 0. The van der Waals surface area contributed by atoms with Crippen molar-refractivity contribution in [3.63, 3.8) is 0 Å². The molecule has 0 atom stereocenters. The summed E-state index contributed by atoms with van der Waals surface area (Å²) in [6.07, 6.45) is 5.93. The fraction of sp³-hybridized carbons (Fsp3) is 1.00. The fourth-order valence-electron chi connectivity index (χ4n) is 1.50. The van der Waals surface area contributed by atoms with Crippen molar-refractivity contribution in [1.82, 2.24) is 0 Å². The Labute approximate surface area is 65.9 Å². The van der Waals surface area contributed by atoms with Crippen LogP contribution >= 0.6 is 7.26 Å². The molecule has 0 aromatic rings. The molecule has 0 saturated carbocycles. The molecule has 0 fully saturated rings. The van der Waals surface area contributed by atoms with Gasteiger partial charge in [0.05, 0.1) is 0 Å². The van der Waals surface area contributed by atoms with Crippen molar-refractivity contribution < 1.29 is 5.48 Å². The van der Waals surface area contributed by atoms with Crippen molar-refractivity contribution in [3.05, 3.63) is 0 Å². The third-order valence-electron chi connectivity index (χ3n) is 3.00. The van der Waals surface area contributed by atoms with Gasteiger partial charge in [-0.2, -0.15) is 0 Å². The molecule has 0 rings (SSSR count). The third kappa shape index (κ3) is 2.98. The van der Waals surface area contributed by atoms with E-state index in [1.807, 2.05) is 0 Å². The molecule has 2 heteroatoms. The minimum absolute atomic E-state index is 0. The Morgan fingerprint density at radius 2 is 0.900 bits per heavy atom. The zero-order chi connectivity index (χ0) is 7.33. The van der Waals surface area contributed by atoms with Crippen LogP contribution in [0.2, 0.25) is 0 Å². The Balaban J connectivity index is 0. The minimum Gasteiger partial charge on any atom is -0.412 e. The zero-order valence-corrected chi connectivity index (χ0v) is 8.83. The van der Waals surface area contributed by atoms with Crippen LogP contribution in [0.15, 0.2) is 0 Å². The van der Waals surface area contributed by atoms with E-state index < -0.39 is 7.26 Å². The molecular formula is C8H23OP. The van der Waals surface area contributed by atoms with E-state index >= 15 is 0 Å². The van der Waals surface area contributed by atoms with Crippen molar-refractivity contribution in [1.29, 1.82) is 0 Å². The van der Waals surface area contributed by atoms with Gasteiger partial charge in [-0.1, -0.05) is 0 Å². The summed E-state index contributed by atoms with van der Waals surface area (Å²) in [6, 6.07) is 0. The summed E-state index contributed by atoms with van der Waals surface area (Å²) in [7, 11) is -0.691. The van der Waals surface area contributed by atoms with E-state index in [0.29, 0.717) is 0 Å². The van der Waals surface area contributed by atoms with Crippen LogP contribution in [0, 0.1) is 0 Å². The monoisotopic (exact) mass is 166 g/mol. The molecule has 0 saturated heterocycles. The van der Waals surface area contributed by atoms with Gasteiger partial charge >= 0.3 is 59.6 Å². The Hall–Kier alpha value is 0.390. The van der Waals surface area contributed by atoms with Gasteiger partial charge in [-0.15, -0.1) is 0 Å². The standard InChI is InChI=1S/C8H21P.H2O/c1-5-9(6-2,7-3)8-4;/h9H,5-8H2,1-4H3;1H2. The Bertz CT molecular complexity index is 52.1. The van der Waals surface area contributed by atoms with Gasteiger partial charge in [0, 0.05) is 0 Å². The third-order valence-corrected chi connectivity index (χ3v) is 9.00. The summed E-state index contributed by atoms with van der Waals surface area (Å²) < 4.78 is 0. The molecule has 0 spiro atoms. The van der Waals surface area contributed by atoms with E-state index in [-0.39, 0.29) is 5.48 Å². The molecule has 66 valence electrons. The van der Waals surface area contributed by atoms with E-state index in [2.05, 4.69) is 27.7 Å². The molecular weight excluding hydrogens is 143 g/mol. The fourth-order valence-corrected chi connectivity index (χ4v) is 4.50. The predicted octanol–water partition coefficient (Wildman–Crippen LogP) is 1.99. The largest absolute Gasteiger partial charge is 0.412 e. The number of hydrogen-bond acceptors (Lipinski definition) is 0. The Morgan fingerprint density at radius 3 is 0.900 bits per heavy atom. The zero-order valence-electron chi connectivity index (χ0n) is 7.83. The van der Waals surface area contributed by atoms with Crippen LogP contribution in [-0.4, -0.2) is 30.1 Å². The molecule has 1 nitrogen and oxygen atoms in total. The Morgan fingerprint density at radius 1 is 0.700 bits per heavy atom. The molecule has 0 amide bonds. The first-order valence-electron chi connectivity index (χ1n) is 4.24. The second-order valence-electron chi connectivity index (χ2n) is 2.91. The second kappa shape index (κ2) is 6.12. The molecule has 0 heterocycles. The summed E-state index contributed by atoms with van der Waals surface area (Å²) >= 11 is 0. The van der Waals surface area contributed by atoms with Crippen LogP contribution in [0.1, 0.15) is 27.7 Å². The molecule has 0 unspecified atom stereocenters. The van der Waals surface area contributed by atoms with Crippen molar-refractivity contribution in [2.45, 2.75) is 27.7 Å². The van der Waals surface area contributed by atoms with E-state index in [0.717, 1.165) is 0 Å². The van der Waals surface area contributed by atoms with Crippen molar-refractivity contribution in [2.75, 3.05) is 24.6 Å². The van der Waals surface area contributed by atoms with Crippen LogP contribution in [0.5, 0.6) is 0 Å². The molecule has 0 bridgehead atoms. The van der Waals surface area contributed by atoms with Crippen LogP contribution in [0.3, 0.4) is 0 Å². The van der Waals surface area contributed by atoms with Crippen molar-refractivity contribution in [2.24, 2.45) is 0 Å². The molecule has 10 heavy (non-hydrogen) atoms. The molecule has 0 radical (unpaired) electrons. The van der Waals surface area contributed by atoms with E-state index in [4.69, 9.17) is 0 Å². The van der Waals surface area contributed by atoms with Gasteiger partial charge in [-0.3, -0.25) is 0 Å². The first-order chi connectivity index (χ1) is 4.24. The molecule has 0 aliphatic carbocycles. The van der Waals surface area contributed by atoms with Gasteiger partial charge in [0.15, 0.2) is 0 Å². The Kier molecular flexibility index (Phi) is 7.97. The summed E-state index contributed by atoms with van der Waals surface area (Å²) in [6.45, 7) is 9.46. The van der Waals surface area contributed by atoms with E-state index in [9.17, 15) is 0 Å². The molecule has 2 N–H and O–H groups in total. The second-order valence-corrected chi connectivity index (χ2v) is 8.74. The van der Waals surface area contributed by atoms with Crippen LogP contribution in [0.4, 0.5) is 0 Å². The van der Waals surface area contributed by atoms with Gasteiger partial charge in [-0.05, 0) is 0 Å². The smallest absolute Gasteiger partial charge is 0.412 e. The molecule has 0 aromatic heterocycles. The molecule has 0 aliphatic rings. The van der Waals surface area contributed by atoms with Crippen LogP contribution < -0.4 is 0 Å². The van der Waals surface area contributed by atoms with Gasteiger partial charge in [-0.25, -0.2) is 0 Å². The molecule has 0 aromatic carbocycles. The van der Waals surface area contributed by atoms with Gasteiger partial charge < -0.3 is 5.48 Å². The van der Waals surface area contributed by atoms with Crippen molar-refractivity contribution in [3.8, 4) is 0 Å². The summed E-state index contributed by atoms with van der Waals surface area (Å²) in [5.74, 6) is 0. The first-order valence-corrected chi connectivity index (χ1v) is 7.07. The summed E-state index contributed by atoms with van der Waals surface area (Å²) in [5.41, 5.74) is 0. The van der Waals surface area contributed by atoms with Gasteiger partial charge in [0.25, 0.3) is 0 Å². The SMILES string of the molecule is CC[PH](CC)(CC)CC.O. The normalized spacial score (nSPS) is 12.4. The van der Waals surface area contributed by atoms with E-state index in [1.54, 1.807) is 0 Å². The van der Waals surface area contributed by atoms with Crippen molar-refractivity contribution >= 4 is 7.26 Å². The quantitative estimate of drug-likeness (QED) is 0.572. The summed E-state index contributed by atoms with van der Waals surface area (Å²) in [5, 5.41) is 0. The van der Waals surface area contributed by atoms with Gasteiger partial charge in [0.1, 0.15) is 0 Å². The predicted molar refractivity (Wildman–Crippen MR) is 54.1 cm³/mol.